The number of carbonyl (C=O) groups excluding carboxylic acids is 1. The number of fused-ring (bicyclic) bond motifs is 1. The summed E-state index contributed by atoms with van der Waals surface area (Å²) in [6.45, 7) is 4.13. The van der Waals surface area contributed by atoms with E-state index in [9.17, 15) is 4.79 Å². The van der Waals surface area contributed by atoms with Gasteiger partial charge in [-0.05, 0) is 18.9 Å². The number of ketones is 1. The SMILES string of the molecule is COc1cccc2c1CCC(NC(C)C)C2=O. The lowest BCUT2D eigenvalue weighted by Gasteiger charge is -2.26. The van der Waals surface area contributed by atoms with Crippen LogP contribution < -0.4 is 10.1 Å². The molecule has 0 amide bonds. The lowest BCUT2D eigenvalue weighted by molar-refractivity contribution is 0.0922. The minimum atomic E-state index is -0.0467. The van der Waals surface area contributed by atoms with Gasteiger partial charge in [0.15, 0.2) is 5.78 Å². The Bertz CT molecular complexity index is 426. The van der Waals surface area contributed by atoms with E-state index in [1.807, 2.05) is 18.2 Å². The number of hydrogen-bond acceptors (Lipinski definition) is 3. The standard InChI is InChI=1S/C14H19NO2/c1-9(2)15-12-8-7-10-11(14(12)16)5-4-6-13(10)17-3/h4-6,9,12,15H,7-8H2,1-3H3. The molecule has 1 aromatic rings. The molecule has 0 bridgehead atoms. The first-order chi connectivity index (χ1) is 8.13. The molecule has 0 aliphatic heterocycles. The summed E-state index contributed by atoms with van der Waals surface area (Å²) in [6, 6.07) is 5.98. The van der Waals surface area contributed by atoms with Crippen molar-refractivity contribution in [2.75, 3.05) is 7.11 Å². The molecule has 1 atom stereocenters. The van der Waals surface area contributed by atoms with Crippen LogP contribution in [0.2, 0.25) is 0 Å². The van der Waals surface area contributed by atoms with E-state index >= 15 is 0 Å². The Labute approximate surface area is 102 Å². The van der Waals surface area contributed by atoms with Gasteiger partial charge in [0.25, 0.3) is 0 Å². The van der Waals surface area contributed by atoms with Crippen LogP contribution in [0.4, 0.5) is 0 Å². The predicted molar refractivity (Wildman–Crippen MR) is 67.7 cm³/mol. The highest BCUT2D eigenvalue weighted by molar-refractivity contribution is 6.03. The molecule has 1 aliphatic rings. The largest absolute Gasteiger partial charge is 0.496 e. The summed E-state index contributed by atoms with van der Waals surface area (Å²) in [5.74, 6) is 1.03. The molecule has 0 spiro atoms. The van der Waals surface area contributed by atoms with Gasteiger partial charge in [0.2, 0.25) is 0 Å². The molecule has 1 N–H and O–H groups in total. The van der Waals surface area contributed by atoms with Crippen LogP contribution in [0, 0.1) is 0 Å². The fourth-order valence-corrected chi connectivity index (χ4v) is 2.41. The van der Waals surface area contributed by atoms with Crippen LogP contribution >= 0.6 is 0 Å². The van der Waals surface area contributed by atoms with E-state index in [1.54, 1.807) is 7.11 Å². The summed E-state index contributed by atoms with van der Waals surface area (Å²) in [5.41, 5.74) is 1.87. The minimum Gasteiger partial charge on any atom is -0.496 e. The van der Waals surface area contributed by atoms with E-state index in [0.29, 0.717) is 6.04 Å². The number of nitrogens with one attached hydrogen (secondary N) is 1. The average molecular weight is 233 g/mol. The maximum atomic E-state index is 12.3. The van der Waals surface area contributed by atoms with Gasteiger partial charge < -0.3 is 10.1 Å². The van der Waals surface area contributed by atoms with Gasteiger partial charge in [-0.2, -0.15) is 0 Å². The van der Waals surface area contributed by atoms with Gasteiger partial charge >= 0.3 is 0 Å². The van der Waals surface area contributed by atoms with Gasteiger partial charge in [0.05, 0.1) is 13.2 Å². The predicted octanol–water partition coefficient (Wildman–Crippen LogP) is 2.19. The number of carbonyl (C=O) groups is 1. The van der Waals surface area contributed by atoms with Gasteiger partial charge in [0.1, 0.15) is 5.75 Å². The Kier molecular flexibility index (Phi) is 3.48. The fraction of sp³-hybridized carbons (Fsp3) is 0.500. The zero-order chi connectivity index (χ0) is 12.4. The van der Waals surface area contributed by atoms with Crippen molar-refractivity contribution in [3.63, 3.8) is 0 Å². The molecule has 0 saturated heterocycles. The van der Waals surface area contributed by atoms with Crippen LogP contribution in [0.1, 0.15) is 36.2 Å². The molecule has 0 fully saturated rings. The summed E-state index contributed by atoms with van der Waals surface area (Å²) >= 11 is 0. The molecule has 17 heavy (non-hydrogen) atoms. The summed E-state index contributed by atoms with van der Waals surface area (Å²) in [4.78, 5) is 12.3. The lowest BCUT2D eigenvalue weighted by Crippen LogP contribution is -2.43. The average Bonchev–Trinajstić information content (AvgIpc) is 2.31. The van der Waals surface area contributed by atoms with Gasteiger partial charge in [-0.1, -0.05) is 26.0 Å². The third-order valence-electron chi connectivity index (χ3n) is 3.15. The maximum absolute atomic E-state index is 12.3. The number of benzene rings is 1. The monoisotopic (exact) mass is 233 g/mol. The molecule has 0 aromatic heterocycles. The fourth-order valence-electron chi connectivity index (χ4n) is 2.41. The molecule has 0 radical (unpaired) electrons. The number of rotatable bonds is 3. The van der Waals surface area contributed by atoms with Crippen molar-refractivity contribution >= 4 is 5.78 Å². The Morgan fingerprint density at radius 1 is 1.41 bits per heavy atom. The van der Waals surface area contributed by atoms with E-state index in [4.69, 9.17) is 4.74 Å². The molecule has 1 unspecified atom stereocenters. The summed E-state index contributed by atoms with van der Waals surface area (Å²) in [5, 5.41) is 3.32. The zero-order valence-electron chi connectivity index (χ0n) is 10.6. The first-order valence-electron chi connectivity index (χ1n) is 6.09. The molecule has 1 aliphatic carbocycles. The first kappa shape index (κ1) is 12.1. The topological polar surface area (TPSA) is 38.3 Å². The molecular weight excluding hydrogens is 214 g/mol. The van der Waals surface area contributed by atoms with E-state index in [1.165, 1.54) is 0 Å². The molecule has 2 rings (SSSR count). The lowest BCUT2D eigenvalue weighted by atomic mass is 9.86. The van der Waals surface area contributed by atoms with Crippen molar-refractivity contribution in [1.82, 2.24) is 5.32 Å². The smallest absolute Gasteiger partial charge is 0.180 e. The van der Waals surface area contributed by atoms with Gasteiger partial charge in [-0.3, -0.25) is 4.79 Å². The third kappa shape index (κ3) is 2.34. The molecular formula is C14H19NO2. The van der Waals surface area contributed by atoms with E-state index in [0.717, 1.165) is 29.7 Å². The highest BCUT2D eigenvalue weighted by atomic mass is 16.5. The van der Waals surface area contributed by atoms with Crippen molar-refractivity contribution in [2.24, 2.45) is 0 Å². The first-order valence-corrected chi connectivity index (χ1v) is 6.09. The minimum absolute atomic E-state index is 0.0467. The van der Waals surface area contributed by atoms with Crippen LogP contribution in [0.25, 0.3) is 0 Å². The Morgan fingerprint density at radius 2 is 2.18 bits per heavy atom. The molecule has 0 heterocycles. The Balaban J connectivity index is 2.30. The number of hydrogen-bond donors (Lipinski definition) is 1. The second-order valence-electron chi connectivity index (χ2n) is 4.76. The summed E-state index contributed by atoms with van der Waals surface area (Å²) in [6.07, 6.45) is 1.75. The summed E-state index contributed by atoms with van der Waals surface area (Å²) in [7, 11) is 1.65. The maximum Gasteiger partial charge on any atom is 0.180 e. The second-order valence-corrected chi connectivity index (χ2v) is 4.76. The highest BCUT2D eigenvalue weighted by Crippen LogP contribution is 2.29. The number of Topliss-reactive ketones (excluding diaryl/α,β-unsaturated/α-hetero) is 1. The summed E-state index contributed by atoms with van der Waals surface area (Å²) < 4.78 is 5.30. The molecule has 1 aromatic carbocycles. The Morgan fingerprint density at radius 3 is 2.82 bits per heavy atom. The van der Waals surface area contributed by atoms with E-state index in [-0.39, 0.29) is 11.8 Å². The van der Waals surface area contributed by atoms with Crippen LogP contribution in [0.15, 0.2) is 18.2 Å². The molecule has 92 valence electrons. The van der Waals surface area contributed by atoms with E-state index < -0.39 is 0 Å². The zero-order valence-corrected chi connectivity index (χ0v) is 10.6. The Hall–Kier alpha value is -1.35. The van der Waals surface area contributed by atoms with Crippen molar-refractivity contribution < 1.29 is 9.53 Å². The third-order valence-corrected chi connectivity index (χ3v) is 3.15. The number of methoxy groups -OCH3 is 1. The quantitative estimate of drug-likeness (QED) is 0.869. The second kappa shape index (κ2) is 4.88. The normalized spacial score (nSPS) is 19.3. The van der Waals surface area contributed by atoms with Crippen LogP contribution in [0.3, 0.4) is 0 Å². The van der Waals surface area contributed by atoms with Crippen LogP contribution in [-0.4, -0.2) is 25.0 Å². The van der Waals surface area contributed by atoms with Gasteiger partial charge in [0, 0.05) is 17.2 Å². The van der Waals surface area contributed by atoms with Crippen LogP contribution in [0.5, 0.6) is 5.75 Å². The highest BCUT2D eigenvalue weighted by Gasteiger charge is 2.29. The van der Waals surface area contributed by atoms with Crippen molar-refractivity contribution in [3.8, 4) is 5.75 Å². The van der Waals surface area contributed by atoms with E-state index in [2.05, 4.69) is 19.2 Å². The van der Waals surface area contributed by atoms with Crippen molar-refractivity contribution in [3.05, 3.63) is 29.3 Å². The van der Waals surface area contributed by atoms with Crippen molar-refractivity contribution in [2.45, 2.75) is 38.8 Å². The van der Waals surface area contributed by atoms with Crippen molar-refractivity contribution in [1.29, 1.82) is 0 Å². The van der Waals surface area contributed by atoms with Gasteiger partial charge in [-0.15, -0.1) is 0 Å². The molecule has 0 saturated carbocycles. The molecule has 3 heteroatoms. The number of ether oxygens (including phenoxy) is 1. The molecule has 3 nitrogen and oxygen atoms in total. The van der Waals surface area contributed by atoms with Crippen LogP contribution in [-0.2, 0) is 6.42 Å². The van der Waals surface area contributed by atoms with Gasteiger partial charge in [-0.25, -0.2) is 0 Å².